The fourth-order valence-corrected chi connectivity index (χ4v) is 3.52. The Morgan fingerprint density at radius 3 is 1.83 bits per heavy atom. The number of unbranched alkanes of at least 4 members (excludes halogenated alkanes) is 13. The van der Waals surface area contributed by atoms with Gasteiger partial charge in [0.15, 0.2) is 0 Å². The van der Waals surface area contributed by atoms with E-state index in [0.29, 0.717) is 0 Å². The van der Waals surface area contributed by atoms with Crippen LogP contribution in [0.15, 0.2) is 24.3 Å². The molecule has 2 nitrogen and oxygen atoms in total. The van der Waals surface area contributed by atoms with E-state index < -0.39 is 0 Å². The van der Waals surface area contributed by atoms with Crippen molar-refractivity contribution in [2.45, 2.75) is 135 Å². The van der Waals surface area contributed by atoms with Crippen LogP contribution in [0.4, 0.5) is 0 Å². The zero-order valence-electron chi connectivity index (χ0n) is 20.0. The molecule has 0 aromatic heterocycles. The number of ether oxygens (including phenoxy) is 1. The molecule has 0 aromatic carbocycles. The van der Waals surface area contributed by atoms with E-state index in [1.54, 1.807) is 0 Å². The number of nitrogens with two attached hydrogens (primary N) is 1. The largest absolute Gasteiger partial charge is 0.380 e. The van der Waals surface area contributed by atoms with Crippen LogP contribution in [-0.2, 0) is 4.74 Å². The third kappa shape index (κ3) is 25.4. The van der Waals surface area contributed by atoms with Gasteiger partial charge in [-0.3, -0.25) is 0 Å². The number of rotatable bonds is 23. The van der Waals surface area contributed by atoms with Crippen molar-refractivity contribution in [1.82, 2.24) is 0 Å². The summed E-state index contributed by atoms with van der Waals surface area (Å²) in [4.78, 5) is 0. The van der Waals surface area contributed by atoms with E-state index in [0.717, 1.165) is 26.1 Å². The molecular formula is C27H53NO. The molecule has 0 heterocycles. The highest BCUT2D eigenvalue weighted by Crippen LogP contribution is 2.09. The summed E-state index contributed by atoms with van der Waals surface area (Å²) in [6, 6.07) is 0.237. The predicted octanol–water partition coefficient (Wildman–Crippen LogP) is 8.50. The van der Waals surface area contributed by atoms with Crippen LogP contribution in [-0.4, -0.2) is 19.3 Å². The van der Waals surface area contributed by atoms with E-state index in [-0.39, 0.29) is 6.04 Å². The highest BCUT2D eigenvalue weighted by Gasteiger charge is 2.02. The van der Waals surface area contributed by atoms with E-state index >= 15 is 0 Å². The van der Waals surface area contributed by atoms with Gasteiger partial charge in [-0.15, -0.1) is 0 Å². The molecule has 0 aliphatic carbocycles. The minimum Gasteiger partial charge on any atom is -0.380 e. The normalized spacial score (nSPS) is 13.1. The summed E-state index contributed by atoms with van der Waals surface area (Å²) in [7, 11) is 0. The summed E-state index contributed by atoms with van der Waals surface area (Å²) in [5.41, 5.74) is 6.13. The average molecular weight is 408 g/mol. The van der Waals surface area contributed by atoms with Crippen molar-refractivity contribution in [2.75, 3.05) is 13.2 Å². The Balaban J connectivity index is 3.20. The minimum absolute atomic E-state index is 0.237. The summed E-state index contributed by atoms with van der Waals surface area (Å²) < 4.78 is 5.75. The van der Waals surface area contributed by atoms with Gasteiger partial charge in [-0.25, -0.2) is 0 Å². The van der Waals surface area contributed by atoms with Crippen LogP contribution >= 0.6 is 0 Å². The molecule has 0 aromatic rings. The molecule has 172 valence electrons. The second kappa shape index (κ2) is 25.4. The third-order valence-electron chi connectivity index (χ3n) is 5.50. The molecule has 0 radical (unpaired) electrons. The van der Waals surface area contributed by atoms with Crippen LogP contribution in [0.2, 0.25) is 0 Å². The quantitative estimate of drug-likeness (QED) is 0.136. The van der Waals surface area contributed by atoms with Crippen molar-refractivity contribution in [3.63, 3.8) is 0 Å². The van der Waals surface area contributed by atoms with Crippen LogP contribution < -0.4 is 5.73 Å². The van der Waals surface area contributed by atoms with E-state index in [2.05, 4.69) is 38.2 Å². The molecule has 0 amide bonds. The number of allylic oxidation sites excluding steroid dienone is 4. The molecule has 2 heteroatoms. The molecule has 29 heavy (non-hydrogen) atoms. The smallest absolute Gasteiger partial charge is 0.0617 e. The molecule has 0 aliphatic heterocycles. The highest BCUT2D eigenvalue weighted by atomic mass is 16.5. The lowest BCUT2D eigenvalue weighted by atomic mass is 10.1. The molecule has 0 saturated heterocycles. The Bertz CT molecular complexity index is 350. The first-order chi connectivity index (χ1) is 14.3. The minimum atomic E-state index is 0.237. The number of hydrogen-bond acceptors (Lipinski definition) is 2. The monoisotopic (exact) mass is 407 g/mol. The second-order valence-electron chi connectivity index (χ2n) is 8.62. The molecule has 0 spiro atoms. The lowest BCUT2D eigenvalue weighted by molar-refractivity contribution is 0.114. The molecule has 1 atom stereocenters. The van der Waals surface area contributed by atoms with Gasteiger partial charge in [0.05, 0.1) is 6.61 Å². The van der Waals surface area contributed by atoms with Crippen LogP contribution in [0.5, 0.6) is 0 Å². The maximum atomic E-state index is 6.13. The Morgan fingerprint density at radius 2 is 1.14 bits per heavy atom. The van der Waals surface area contributed by atoms with Crippen molar-refractivity contribution >= 4 is 0 Å². The van der Waals surface area contributed by atoms with Gasteiger partial charge in [0.25, 0.3) is 0 Å². The van der Waals surface area contributed by atoms with Gasteiger partial charge in [0, 0.05) is 12.6 Å². The van der Waals surface area contributed by atoms with Gasteiger partial charge in [-0.05, 0) is 44.9 Å². The molecule has 0 bridgehead atoms. The molecule has 0 unspecified atom stereocenters. The Morgan fingerprint density at radius 1 is 0.621 bits per heavy atom. The lowest BCUT2D eigenvalue weighted by Crippen LogP contribution is -2.26. The molecule has 0 saturated carbocycles. The summed E-state index contributed by atoms with van der Waals surface area (Å²) in [6.07, 6.45) is 32.6. The first kappa shape index (κ1) is 28.4. The first-order valence-electron chi connectivity index (χ1n) is 12.9. The fraction of sp³-hybridized carbons (Fsp3) is 0.852. The van der Waals surface area contributed by atoms with Crippen LogP contribution in [0.25, 0.3) is 0 Å². The SMILES string of the molecule is CCCCC/C=C\C/C=C\CCCCCCCCOC[C@@H](N)CCCCCCC. The maximum Gasteiger partial charge on any atom is 0.0617 e. The summed E-state index contributed by atoms with van der Waals surface area (Å²) in [6.45, 7) is 6.15. The molecular weight excluding hydrogens is 354 g/mol. The molecule has 2 N–H and O–H groups in total. The Labute approximate surface area is 183 Å². The van der Waals surface area contributed by atoms with Crippen LogP contribution in [0, 0.1) is 0 Å². The van der Waals surface area contributed by atoms with Crippen LogP contribution in [0.3, 0.4) is 0 Å². The zero-order valence-corrected chi connectivity index (χ0v) is 20.0. The maximum absolute atomic E-state index is 6.13. The molecule has 0 fully saturated rings. The van der Waals surface area contributed by atoms with E-state index in [4.69, 9.17) is 10.5 Å². The van der Waals surface area contributed by atoms with Crippen molar-refractivity contribution in [3.8, 4) is 0 Å². The van der Waals surface area contributed by atoms with E-state index in [1.807, 2.05) is 0 Å². The standard InChI is InChI=1S/C27H53NO/c1-3-5-7-9-10-11-12-13-14-15-16-17-18-19-21-23-25-29-26-27(28)24-22-20-8-6-4-2/h10-11,13-14,27H,3-9,12,15-26,28H2,1-2H3/b11-10-,14-13-/t27-/m0/s1. The molecule has 0 aliphatic rings. The van der Waals surface area contributed by atoms with Gasteiger partial charge in [-0.1, -0.05) is 109 Å². The lowest BCUT2D eigenvalue weighted by Gasteiger charge is -2.12. The van der Waals surface area contributed by atoms with Crippen molar-refractivity contribution in [3.05, 3.63) is 24.3 Å². The highest BCUT2D eigenvalue weighted by molar-refractivity contribution is 4.92. The number of hydrogen-bond donors (Lipinski definition) is 1. The summed E-state index contributed by atoms with van der Waals surface area (Å²) >= 11 is 0. The van der Waals surface area contributed by atoms with Gasteiger partial charge in [0.1, 0.15) is 0 Å². The van der Waals surface area contributed by atoms with Crippen molar-refractivity contribution < 1.29 is 4.74 Å². The van der Waals surface area contributed by atoms with Gasteiger partial charge in [0.2, 0.25) is 0 Å². The summed E-state index contributed by atoms with van der Waals surface area (Å²) in [5, 5.41) is 0. The third-order valence-corrected chi connectivity index (χ3v) is 5.50. The Kier molecular flexibility index (Phi) is 24.9. The van der Waals surface area contributed by atoms with Crippen molar-refractivity contribution in [2.24, 2.45) is 5.73 Å². The first-order valence-corrected chi connectivity index (χ1v) is 12.9. The fourth-order valence-electron chi connectivity index (χ4n) is 3.52. The van der Waals surface area contributed by atoms with Crippen LogP contribution in [0.1, 0.15) is 129 Å². The summed E-state index contributed by atoms with van der Waals surface area (Å²) in [5.74, 6) is 0. The Hall–Kier alpha value is -0.600. The topological polar surface area (TPSA) is 35.2 Å². The van der Waals surface area contributed by atoms with Crippen molar-refractivity contribution in [1.29, 1.82) is 0 Å². The zero-order chi connectivity index (χ0) is 21.3. The van der Waals surface area contributed by atoms with E-state index in [1.165, 1.54) is 103 Å². The van der Waals surface area contributed by atoms with Gasteiger partial charge >= 0.3 is 0 Å². The van der Waals surface area contributed by atoms with Gasteiger partial charge < -0.3 is 10.5 Å². The predicted molar refractivity (Wildman–Crippen MR) is 132 cm³/mol. The molecule has 0 rings (SSSR count). The average Bonchev–Trinajstić information content (AvgIpc) is 2.72. The van der Waals surface area contributed by atoms with Gasteiger partial charge in [-0.2, -0.15) is 0 Å². The second-order valence-corrected chi connectivity index (χ2v) is 8.62. The van der Waals surface area contributed by atoms with E-state index in [9.17, 15) is 0 Å².